The van der Waals surface area contributed by atoms with Crippen molar-refractivity contribution in [3.63, 3.8) is 0 Å². The highest BCUT2D eigenvalue weighted by Crippen LogP contribution is 2.22. The molecule has 1 aliphatic heterocycles. The lowest BCUT2D eigenvalue weighted by Gasteiger charge is -2.27. The zero-order chi connectivity index (χ0) is 10.7. The fraction of sp³-hybridized carbons (Fsp3) is 1.00. The van der Waals surface area contributed by atoms with Crippen molar-refractivity contribution in [1.29, 1.82) is 0 Å². The minimum Gasteiger partial charge on any atom is -0.312 e. The van der Waals surface area contributed by atoms with E-state index >= 15 is 0 Å². The fourth-order valence-electron chi connectivity index (χ4n) is 2.49. The van der Waals surface area contributed by atoms with E-state index in [0.717, 1.165) is 18.0 Å². The summed E-state index contributed by atoms with van der Waals surface area (Å²) in [6.45, 7) is 8.57. The van der Waals surface area contributed by atoms with Gasteiger partial charge >= 0.3 is 0 Å². The first-order valence-corrected chi connectivity index (χ1v) is 6.77. The summed E-state index contributed by atoms with van der Waals surface area (Å²) in [7, 11) is 0. The van der Waals surface area contributed by atoms with Crippen molar-refractivity contribution < 1.29 is 0 Å². The molecule has 0 spiro atoms. The van der Waals surface area contributed by atoms with Crippen LogP contribution in [-0.4, -0.2) is 36.6 Å². The van der Waals surface area contributed by atoms with Crippen LogP contribution in [0.5, 0.6) is 0 Å². The van der Waals surface area contributed by atoms with Gasteiger partial charge in [-0.3, -0.25) is 4.90 Å². The Balaban J connectivity index is 1.70. The Kier molecular flexibility index (Phi) is 4.04. The highest BCUT2D eigenvalue weighted by molar-refractivity contribution is 4.87. The Morgan fingerprint density at radius 1 is 1.33 bits per heavy atom. The lowest BCUT2D eigenvalue weighted by Crippen LogP contribution is -2.40. The fourth-order valence-corrected chi connectivity index (χ4v) is 2.49. The summed E-state index contributed by atoms with van der Waals surface area (Å²) >= 11 is 0. The molecule has 0 aromatic carbocycles. The van der Waals surface area contributed by atoms with Crippen molar-refractivity contribution in [2.24, 2.45) is 5.92 Å². The molecule has 2 nitrogen and oxygen atoms in total. The maximum atomic E-state index is 3.68. The van der Waals surface area contributed by atoms with E-state index in [-0.39, 0.29) is 0 Å². The smallest absolute Gasteiger partial charge is 0.0221 e. The van der Waals surface area contributed by atoms with Crippen LogP contribution in [0.4, 0.5) is 0 Å². The Hall–Kier alpha value is -0.0800. The Bertz CT molecular complexity index is 189. The summed E-state index contributed by atoms with van der Waals surface area (Å²) in [6, 6.07) is 1.70. The summed E-state index contributed by atoms with van der Waals surface area (Å²) in [5.74, 6) is 0.867. The molecule has 2 rings (SSSR count). The number of rotatable bonds is 6. The Labute approximate surface area is 94.4 Å². The van der Waals surface area contributed by atoms with Crippen molar-refractivity contribution in [2.75, 3.05) is 19.6 Å². The minimum atomic E-state index is 0.833. The van der Waals surface area contributed by atoms with E-state index in [2.05, 4.69) is 24.1 Å². The van der Waals surface area contributed by atoms with E-state index in [1.54, 1.807) is 0 Å². The third-order valence-corrected chi connectivity index (χ3v) is 3.96. The molecule has 2 heteroatoms. The summed E-state index contributed by atoms with van der Waals surface area (Å²) in [5.41, 5.74) is 0. The van der Waals surface area contributed by atoms with Crippen LogP contribution in [0.2, 0.25) is 0 Å². The molecule has 2 aliphatic rings. The molecule has 1 aliphatic carbocycles. The predicted octanol–water partition coefficient (Wildman–Crippen LogP) is 2.25. The highest BCUT2D eigenvalue weighted by atomic mass is 15.2. The number of hydrogen-bond donors (Lipinski definition) is 1. The first-order chi connectivity index (χ1) is 7.29. The second-order valence-corrected chi connectivity index (χ2v) is 5.49. The molecule has 2 unspecified atom stereocenters. The van der Waals surface area contributed by atoms with Crippen LogP contribution in [0.1, 0.15) is 46.0 Å². The molecule has 2 fully saturated rings. The van der Waals surface area contributed by atoms with Crippen LogP contribution in [0.3, 0.4) is 0 Å². The molecule has 1 heterocycles. The van der Waals surface area contributed by atoms with E-state index < -0.39 is 0 Å². The molecule has 15 heavy (non-hydrogen) atoms. The standard InChI is InChI=1S/C13H26N2/c1-3-11(2)10-15-8-4-5-13(15)9-14-12-6-7-12/h11-14H,3-10H2,1-2H3. The molecule has 1 N–H and O–H groups in total. The summed E-state index contributed by atoms with van der Waals surface area (Å²) < 4.78 is 0. The summed E-state index contributed by atoms with van der Waals surface area (Å²) in [5, 5.41) is 3.68. The van der Waals surface area contributed by atoms with Gasteiger partial charge in [-0.25, -0.2) is 0 Å². The van der Waals surface area contributed by atoms with Gasteiger partial charge < -0.3 is 5.32 Å². The normalized spacial score (nSPS) is 29.6. The van der Waals surface area contributed by atoms with Crippen LogP contribution < -0.4 is 5.32 Å². The second kappa shape index (κ2) is 5.31. The lowest BCUT2D eigenvalue weighted by atomic mass is 10.1. The number of likely N-dealkylation sites (tertiary alicyclic amines) is 1. The number of hydrogen-bond acceptors (Lipinski definition) is 2. The third-order valence-electron chi connectivity index (χ3n) is 3.96. The topological polar surface area (TPSA) is 15.3 Å². The molecule has 1 saturated heterocycles. The molecule has 0 bridgehead atoms. The SMILES string of the molecule is CCC(C)CN1CCCC1CNC1CC1. The van der Waals surface area contributed by atoms with Gasteiger partial charge in [0.15, 0.2) is 0 Å². The molecule has 1 saturated carbocycles. The van der Waals surface area contributed by atoms with Gasteiger partial charge in [0.25, 0.3) is 0 Å². The molecular formula is C13H26N2. The van der Waals surface area contributed by atoms with Crippen LogP contribution in [0, 0.1) is 5.92 Å². The summed E-state index contributed by atoms with van der Waals surface area (Å²) in [4.78, 5) is 2.71. The number of nitrogens with one attached hydrogen (secondary N) is 1. The molecule has 0 aromatic heterocycles. The zero-order valence-electron chi connectivity index (χ0n) is 10.3. The maximum Gasteiger partial charge on any atom is 0.0221 e. The van der Waals surface area contributed by atoms with Gasteiger partial charge in [-0.05, 0) is 38.1 Å². The van der Waals surface area contributed by atoms with Crippen molar-refractivity contribution in [3.8, 4) is 0 Å². The third kappa shape index (κ3) is 3.46. The first-order valence-electron chi connectivity index (χ1n) is 6.77. The van der Waals surface area contributed by atoms with Gasteiger partial charge in [-0.2, -0.15) is 0 Å². The molecule has 88 valence electrons. The molecule has 2 atom stereocenters. The van der Waals surface area contributed by atoms with Gasteiger partial charge in [0, 0.05) is 25.2 Å². The summed E-state index contributed by atoms with van der Waals surface area (Å²) in [6.07, 6.45) is 6.97. The average Bonchev–Trinajstić information content (AvgIpc) is 2.97. The van der Waals surface area contributed by atoms with Crippen LogP contribution in [0.25, 0.3) is 0 Å². The molecule has 0 amide bonds. The lowest BCUT2D eigenvalue weighted by molar-refractivity contribution is 0.213. The monoisotopic (exact) mass is 210 g/mol. The van der Waals surface area contributed by atoms with Gasteiger partial charge in [0.1, 0.15) is 0 Å². The van der Waals surface area contributed by atoms with Crippen molar-refractivity contribution in [1.82, 2.24) is 10.2 Å². The zero-order valence-corrected chi connectivity index (χ0v) is 10.3. The van der Waals surface area contributed by atoms with Crippen molar-refractivity contribution in [2.45, 2.75) is 58.0 Å². The minimum absolute atomic E-state index is 0.833. The predicted molar refractivity (Wildman–Crippen MR) is 65.1 cm³/mol. The van der Waals surface area contributed by atoms with Gasteiger partial charge in [0.05, 0.1) is 0 Å². The van der Waals surface area contributed by atoms with E-state index in [4.69, 9.17) is 0 Å². The average molecular weight is 210 g/mol. The van der Waals surface area contributed by atoms with Gasteiger partial charge in [0.2, 0.25) is 0 Å². The van der Waals surface area contributed by atoms with Crippen molar-refractivity contribution in [3.05, 3.63) is 0 Å². The van der Waals surface area contributed by atoms with Crippen LogP contribution >= 0.6 is 0 Å². The highest BCUT2D eigenvalue weighted by Gasteiger charge is 2.27. The van der Waals surface area contributed by atoms with E-state index in [1.165, 1.54) is 51.7 Å². The molecular weight excluding hydrogens is 184 g/mol. The first kappa shape index (κ1) is 11.4. The Morgan fingerprint density at radius 2 is 2.13 bits per heavy atom. The van der Waals surface area contributed by atoms with Crippen molar-refractivity contribution >= 4 is 0 Å². The molecule has 0 aromatic rings. The number of nitrogens with zero attached hydrogens (tertiary/aromatic N) is 1. The largest absolute Gasteiger partial charge is 0.312 e. The van der Waals surface area contributed by atoms with Gasteiger partial charge in [-0.15, -0.1) is 0 Å². The van der Waals surface area contributed by atoms with Gasteiger partial charge in [-0.1, -0.05) is 20.3 Å². The second-order valence-electron chi connectivity index (χ2n) is 5.49. The van der Waals surface area contributed by atoms with Crippen LogP contribution in [-0.2, 0) is 0 Å². The van der Waals surface area contributed by atoms with E-state index in [0.29, 0.717) is 0 Å². The van der Waals surface area contributed by atoms with E-state index in [1.807, 2.05) is 0 Å². The van der Waals surface area contributed by atoms with Crippen LogP contribution in [0.15, 0.2) is 0 Å². The maximum absolute atomic E-state index is 3.68. The molecule has 0 radical (unpaired) electrons. The van der Waals surface area contributed by atoms with E-state index in [9.17, 15) is 0 Å². The quantitative estimate of drug-likeness (QED) is 0.723. The Morgan fingerprint density at radius 3 is 2.80 bits per heavy atom.